The maximum absolute atomic E-state index is 13.0. The van der Waals surface area contributed by atoms with Crippen LogP contribution in [0.25, 0.3) is 11.5 Å². The number of aromatic nitrogens is 1. The molecule has 0 spiro atoms. The highest BCUT2D eigenvalue weighted by Gasteiger charge is 2.22. The molecule has 1 aromatic heterocycles. The highest BCUT2D eigenvalue weighted by Crippen LogP contribution is 2.21. The van der Waals surface area contributed by atoms with E-state index in [1.165, 1.54) is 49.7 Å². The van der Waals surface area contributed by atoms with E-state index in [4.69, 9.17) is 4.42 Å². The molecule has 0 saturated carbocycles. The second kappa shape index (κ2) is 6.73. The van der Waals surface area contributed by atoms with Crippen molar-refractivity contribution in [2.45, 2.75) is 11.4 Å². The fraction of sp³-hybridized carbons (Fsp3) is 0.118. The molecule has 0 aliphatic heterocycles. The summed E-state index contributed by atoms with van der Waals surface area (Å²) in [7, 11) is -2.39. The Balaban J connectivity index is 1.78. The van der Waals surface area contributed by atoms with E-state index in [0.717, 1.165) is 16.4 Å². The van der Waals surface area contributed by atoms with Gasteiger partial charge in [0.2, 0.25) is 15.9 Å². The van der Waals surface area contributed by atoms with E-state index in [0.29, 0.717) is 11.3 Å². The van der Waals surface area contributed by atoms with Crippen molar-refractivity contribution in [1.82, 2.24) is 9.29 Å². The number of oxazole rings is 1. The quantitative estimate of drug-likeness (QED) is 0.696. The molecule has 25 heavy (non-hydrogen) atoms. The number of hydrogen-bond acceptors (Lipinski definition) is 4. The third-order valence-electron chi connectivity index (χ3n) is 3.55. The van der Waals surface area contributed by atoms with Gasteiger partial charge in [-0.2, -0.15) is 4.31 Å². The van der Waals surface area contributed by atoms with Gasteiger partial charge in [0.1, 0.15) is 17.9 Å². The van der Waals surface area contributed by atoms with E-state index in [-0.39, 0.29) is 23.1 Å². The van der Waals surface area contributed by atoms with Gasteiger partial charge in [0, 0.05) is 12.6 Å². The van der Waals surface area contributed by atoms with Gasteiger partial charge in [0.25, 0.3) is 0 Å². The van der Waals surface area contributed by atoms with Crippen LogP contribution in [-0.2, 0) is 16.6 Å². The summed E-state index contributed by atoms with van der Waals surface area (Å²) >= 11 is 0. The maximum Gasteiger partial charge on any atom is 0.243 e. The van der Waals surface area contributed by atoms with Crippen LogP contribution in [0.5, 0.6) is 0 Å². The Kier molecular flexibility index (Phi) is 4.65. The monoisotopic (exact) mass is 364 g/mol. The fourth-order valence-electron chi connectivity index (χ4n) is 2.20. The first kappa shape index (κ1) is 17.2. The van der Waals surface area contributed by atoms with Crippen LogP contribution in [0.3, 0.4) is 0 Å². The molecule has 0 unspecified atom stereocenters. The van der Waals surface area contributed by atoms with Crippen LogP contribution in [-0.4, -0.2) is 24.8 Å². The summed E-state index contributed by atoms with van der Waals surface area (Å²) in [6.07, 6.45) is 1.34. The van der Waals surface area contributed by atoms with Crippen LogP contribution in [0.2, 0.25) is 0 Å². The first-order chi connectivity index (χ1) is 11.9. The summed E-state index contributed by atoms with van der Waals surface area (Å²) in [5.74, 6) is -0.620. The Morgan fingerprint density at radius 2 is 1.56 bits per heavy atom. The van der Waals surface area contributed by atoms with Crippen LogP contribution in [0.1, 0.15) is 5.69 Å². The molecule has 0 radical (unpaired) electrons. The Bertz CT molecular complexity index is 968. The zero-order valence-electron chi connectivity index (χ0n) is 13.2. The number of nitrogens with zero attached hydrogens (tertiary/aromatic N) is 2. The Morgan fingerprint density at radius 3 is 2.16 bits per heavy atom. The van der Waals surface area contributed by atoms with E-state index >= 15 is 0 Å². The normalized spacial score (nSPS) is 11.8. The maximum atomic E-state index is 13.0. The SMILES string of the molecule is CN(Cc1coc(-c2ccc(F)cc2)n1)S(=O)(=O)c1ccc(F)cc1. The Hall–Kier alpha value is -2.58. The van der Waals surface area contributed by atoms with Gasteiger partial charge in [-0.1, -0.05) is 0 Å². The summed E-state index contributed by atoms with van der Waals surface area (Å²) in [4.78, 5) is 4.20. The van der Waals surface area contributed by atoms with E-state index in [1.54, 1.807) is 0 Å². The van der Waals surface area contributed by atoms with Crippen LogP contribution in [0.4, 0.5) is 8.78 Å². The molecule has 0 saturated heterocycles. The summed E-state index contributed by atoms with van der Waals surface area (Å²) in [6.45, 7) is -0.0234. The predicted molar refractivity (Wildman–Crippen MR) is 86.9 cm³/mol. The molecule has 130 valence electrons. The summed E-state index contributed by atoms with van der Waals surface area (Å²) in [5, 5.41) is 0. The number of hydrogen-bond donors (Lipinski definition) is 0. The predicted octanol–water partition coefficient (Wildman–Crippen LogP) is 3.44. The average molecular weight is 364 g/mol. The largest absolute Gasteiger partial charge is 0.444 e. The van der Waals surface area contributed by atoms with Gasteiger partial charge in [-0.15, -0.1) is 0 Å². The highest BCUT2D eigenvalue weighted by atomic mass is 32.2. The van der Waals surface area contributed by atoms with Crippen LogP contribution < -0.4 is 0 Å². The minimum atomic E-state index is -3.78. The van der Waals surface area contributed by atoms with Gasteiger partial charge in [-0.3, -0.25) is 0 Å². The third-order valence-corrected chi connectivity index (χ3v) is 5.37. The molecule has 0 fully saturated rings. The van der Waals surface area contributed by atoms with Gasteiger partial charge >= 0.3 is 0 Å². The molecule has 5 nitrogen and oxygen atoms in total. The zero-order chi connectivity index (χ0) is 18.0. The molecule has 0 amide bonds. The molecule has 0 bridgehead atoms. The fourth-order valence-corrected chi connectivity index (χ4v) is 3.35. The molecular weight excluding hydrogens is 350 g/mol. The summed E-state index contributed by atoms with van der Waals surface area (Å²) in [6, 6.07) is 10.2. The second-order valence-electron chi connectivity index (χ2n) is 5.37. The van der Waals surface area contributed by atoms with Crippen molar-refractivity contribution in [3.8, 4) is 11.5 Å². The van der Waals surface area contributed by atoms with Crippen LogP contribution in [0, 0.1) is 11.6 Å². The lowest BCUT2D eigenvalue weighted by Gasteiger charge is -2.15. The molecule has 0 aliphatic rings. The van der Waals surface area contributed by atoms with Crippen molar-refractivity contribution in [2.24, 2.45) is 0 Å². The minimum Gasteiger partial charge on any atom is -0.444 e. The lowest BCUT2D eigenvalue weighted by Crippen LogP contribution is -2.26. The van der Waals surface area contributed by atoms with Crippen molar-refractivity contribution in [3.63, 3.8) is 0 Å². The standard InChI is InChI=1S/C17H14F2N2O3S/c1-21(25(22,23)16-8-6-14(19)7-9-16)10-15-11-24-17(20-15)12-2-4-13(18)5-3-12/h2-9,11H,10H2,1H3. The van der Waals surface area contributed by atoms with E-state index < -0.39 is 15.8 Å². The van der Waals surface area contributed by atoms with Gasteiger partial charge in [0.15, 0.2) is 0 Å². The molecule has 3 aromatic rings. The van der Waals surface area contributed by atoms with Crippen molar-refractivity contribution < 1.29 is 21.6 Å². The average Bonchev–Trinajstić information content (AvgIpc) is 3.04. The molecular formula is C17H14F2N2O3S. The van der Waals surface area contributed by atoms with E-state index in [2.05, 4.69) is 4.98 Å². The molecule has 3 rings (SSSR count). The second-order valence-corrected chi connectivity index (χ2v) is 7.41. The van der Waals surface area contributed by atoms with Gasteiger partial charge in [0.05, 0.1) is 17.1 Å². The van der Waals surface area contributed by atoms with E-state index in [1.807, 2.05) is 0 Å². The molecule has 2 aromatic carbocycles. The first-order valence-electron chi connectivity index (χ1n) is 7.28. The molecule has 0 N–H and O–H groups in total. The van der Waals surface area contributed by atoms with Crippen LogP contribution >= 0.6 is 0 Å². The van der Waals surface area contributed by atoms with Crippen molar-refractivity contribution >= 4 is 10.0 Å². The number of benzene rings is 2. The smallest absolute Gasteiger partial charge is 0.243 e. The highest BCUT2D eigenvalue weighted by molar-refractivity contribution is 7.89. The van der Waals surface area contributed by atoms with Crippen molar-refractivity contribution in [2.75, 3.05) is 7.05 Å². The molecule has 0 atom stereocenters. The minimum absolute atomic E-state index is 0.0151. The number of halogens is 2. The summed E-state index contributed by atoms with van der Waals surface area (Å²) in [5.41, 5.74) is 0.976. The topological polar surface area (TPSA) is 63.4 Å². The summed E-state index contributed by atoms with van der Waals surface area (Å²) < 4.78 is 57.2. The van der Waals surface area contributed by atoms with Crippen molar-refractivity contribution in [1.29, 1.82) is 0 Å². The zero-order valence-corrected chi connectivity index (χ0v) is 14.0. The number of sulfonamides is 1. The first-order valence-corrected chi connectivity index (χ1v) is 8.72. The Labute approximate surface area is 143 Å². The molecule has 0 aliphatic carbocycles. The van der Waals surface area contributed by atoms with Crippen molar-refractivity contribution in [3.05, 3.63) is 72.1 Å². The lowest BCUT2D eigenvalue weighted by atomic mass is 10.2. The Morgan fingerprint density at radius 1 is 1.00 bits per heavy atom. The van der Waals surface area contributed by atoms with Gasteiger partial charge in [-0.05, 0) is 48.5 Å². The van der Waals surface area contributed by atoms with Gasteiger partial charge in [-0.25, -0.2) is 22.2 Å². The molecule has 8 heteroatoms. The number of rotatable bonds is 5. The molecule has 1 heterocycles. The van der Waals surface area contributed by atoms with E-state index in [9.17, 15) is 17.2 Å². The third kappa shape index (κ3) is 3.75. The lowest BCUT2D eigenvalue weighted by molar-refractivity contribution is 0.460. The van der Waals surface area contributed by atoms with Gasteiger partial charge < -0.3 is 4.42 Å². The van der Waals surface area contributed by atoms with Crippen LogP contribution in [0.15, 0.2) is 64.1 Å².